The molecule has 0 spiro atoms. The van der Waals surface area contributed by atoms with Crippen molar-refractivity contribution in [2.75, 3.05) is 5.73 Å². The Bertz CT molecular complexity index is 688. The second-order valence-electron chi connectivity index (χ2n) is 4.36. The third kappa shape index (κ3) is 2.72. The first-order chi connectivity index (χ1) is 9.22. The maximum atomic E-state index is 6.16. The number of H-pyrrole nitrogens is 1. The van der Waals surface area contributed by atoms with Crippen molar-refractivity contribution in [1.82, 2.24) is 4.98 Å². The van der Waals surface area contributed by atoms with Gasteiger partial charge < -0.3 is 10.7 Å². The van der Waals surface area contributed by atoms with E-state index < -0.39 is 0 Å². The molecule has 0 aliphatic heterocycles. The zero-order chi connectivity index (χ0) is 13.2. The number of nitrogens with one attached hydrogen (secondary N) is 1. The summed E-state index contributed by atoms with van der Waals surface area (Å²) in [6.45, 7) is 0. The van der Waals surface area contributed by atoms with E-state index in [-0.39, 0.29) is 0 Å². The molecule has 0 saturated carbocycles. The summed E-state index contributed by atoms with van der Waals surface area (Å²) in [5, 5.41) is 3.13. The number of nitrogens with two attached hydrogens (primary N) is 1. The van der Waals surface area contributed by atoms with Gasteiger partial charge in [-0.05, 0) is 35.9 Å². The van der Waals surface area contributed by atoms with Gasteiger partial charge in [-0.15, -0.1) is 11.8 Å². The SMILES string of the molecule is Nc1ccc(Cl)c(CSc2cc3ccccc3[nH]2)c1. The summed E-state index contributed by atoms with van der Waals surface area (Å²) < 4.78 is 0. The zero-order valence-electron chi connectivity index (χ0n) is 10.2. The third-order valence-electron chi connectivity index (χ3n) is 2.96. The van der Waals surface area contributed by atoms with Crippen LogP contribution in [0.1, 0.15) is 5.56 Å². The molecule has 0 aliphatic rings. The van der Waals surface area contributed by atoms with Crippen molar-refractivity contribution in [3.8, 4) is 0 Å². The number of para-hydroxylation sites is 1. The van der Waals surface area contributed by atoms with E-state index in [1.54, 1.807) is 11.8 Å². The lowest BCUT2D eigenvalue weighted by Crippen LogP contribution is -1.88. The first-order valence-electron chi connectivity index (χ1n) is 5.97. The number of halogens is 1. The monoisotopic (exact) mass is 288 g/mol. The molecule has 0 aliphatic carbocycles. The van der Waals surface area contributed by atoms with Crippen LogP contribution in [0.4, 0.5) is 5.69 Å². The van der Waals surface area contributed by atoms with Gasteiger partial charge >= 0.3 is 0 Å². The number of aromatic amines is 1. The van der Waals surface area contributed by atoms with Gasteiger partial charge in [0.25, 0.3) is 0 Å². The van der Waals surface area contributed by atoms with E-state index in [0.717, 1.165) is 32.6 Å². The van der Waals surface area contributed by atoms with Gasteiger partial charge in [0.15, 0.2) is 0 Å². The summed E-state index contributed by atoms with van der Waals surface area (Å²) in [6, 6.07) is 16.0. The third-order valence-corrected chi connectivity index (χ3v) is 4.31. The maximum Gasteiger partial charge on any atom is 0.0735 e. The van der Waals surface area contributed by atoms with E-state index >= 15 is 0 Å². The molecule has 2 aromatic carbocycles. The molecule has 1 aromatic heterocycles. The Morgan fingerprint density at radius 2 is 1.95 bits per heavy atom. The molecule has 3 aromatic rings. The lowest BCUT2D eigenvalue weighted by atomic mass is 10.2. The van der Waals surface area contributed by atoms with Crippen molar-refractivity contribution >= 4 is 40.0 Å². The van der Waals surface area contributed by atoms with Crippen LogP contribution < -0.4 is 5.73 Å². The van der Waals surface area contributed by atoms with Crippen LogP contribution in [-0.4, -0.2) is 4.98 Å². The first-order valence-corrected chi connectivity index (χ1v) is 7.33. The van der Waals surface area contributed by atoms with Gasteiger partial charge in [-0.1, -0.05) is 29.8 Å². The summed E-state index contributed by atoms with van der Waals surface area (Å²) in [4.78, 5) is 3.39. The smallest absolute Gasteiger partial charge is 0.0735 e. The number of aromatic nitrogens is 1. The Labute approximate surface area is 121 Å². The molecule has 0 fully saturated rings. The Morgan fingerprint density at radius 3 is 2.79 bits per heavy atom. The minimum absolute atomic E-state index is 0.747. The Kier molecular flexibility index (Phi) is 3.40. The maximum absolute atomic E-state index is 6.16. The van der Waals surface area contributed by atoms with Crippen LogP contribution >= 0.6 is 23.4 Å². The minimum atomic E-state index is 0.747. The Balaban J connectivity index is 1.80. The largest absolute Gasteiger partial charge is 0.399 e. The van der Waals surface area contributed by atoms with Gasteiger partial charge in [-0.25, -0.2) is 0 Å². The van der Waals surface area contributed by atoms with Crippen molar-refractivity contribution in [3.63, 3.8) is 0 Å². The fourth-order valence-corrected chi connectivity index (χ4v) is 3.19. The van der Waals surface area contributed by atoms with E-state index in [9.17, 15) is 0 Å². The highest BCUT2D eigenvalue weighted by Crippen LogP contribution is 2.29. The normalized spacial score (nSPS) is 11.0. The number of anilines is 1. The van der Waals surface area contributed by atoms with Crippen molar-refractivity contribution in [2.45, 2.75) is 10.8 Å². The minimum Gasteiger partial charge on any atom is -0.399 e. The predicted molar refractivity (Wildman–Crippen MR) is 83.7 cm³/mol. The molecule has 0 atom stereocenters. The van der Waals surface area contributed by atoms with Gasteiger partial charge in [0.1, 0.15) is 0 Å². The summed E-state index contributed by atoms with van der Waals surface area (Å²) in [7, 11) is 0. The van der Waals surface area contributed by atoms with Crippen molar-refractivity contribution in [2.24, 2.45) is 0 Å². The molecule has 4 heteroatoms. The van der Waals surface area contributed by atoms with Crippen LogP contribution in [-0.2, 0) is 5.75 Å². The highest BCUT2D eigenvalue weighted by atomic mass is 35.5. The molecule has 0 radical (unpaired) electrons. The van der Waals surface area contributed by atoms with Crippen molar-refractivity contribution < 1.29 is 0 Å². The summed E-state index contributed by atoms with van der Waals surface area (Å²) in [5.74, 6) is 0.802. The summed E-state index contributed by atoms with van der Waals surface area (Å²) >= 11 is 7.89. The molecule has 3 N–H and O–H groups in total. The van der Waals surface area contributed by atoms with Crippen LogP contribution in [0.2, 0.25) is 5.02 Å². The van der Waals surface area contributed by atoms with Crippen LogP contribution in [0, 0.1) is 0 Å². The van der Waals surface area contributed by atoms with Gasteiger partial charge in [0.05, 0.1) is 5.03 Å². The average molecular weight is 289 g/mol. The number of benzene rings is 2. The number of hydrogen-bond donors (Lipinski definition) is 2. The van der Waals surface area contributed by atoms with Gasteiger partial charge in [-0.3, -0.25) is 0 Å². The fourth-order valence-electron chi connectivity index (χ4n) is 1.99. The molecule has 19 heavy (non-hydrogen) atoms. The van der Waals surface area contributed by atoms with Crippen molar-refractivity contribution in [3.05, 3.63) is 59.1 Å². The molecule has 1 heterocycles. The zero-order valence-corrected chi connectivity index (χ0v) is 11.8. The Hall–Kier alpha value is -1.58. The quantitative estimate of drug-likeness (QED) is 0.542. The molecule has 3 rings (SSSR count). The molecule has 0 amide bonds. The average Bonchev–Trinajstić information content (AvgIpc) is 2.82. The molecule has 2 nitrogen and oxygen atoms in total. The van der Waals surface area contributed by atoms with Crippen LogP contribution in [0.15, 0.2) is 53.6 Å². The van der Waals surface area contributed by atoms with E-state index in [0.29, 0.717) is 0 Å². The summed E-state index contributed by atoms with van der Waals surface area (Å²) in [5.41, 5.74) is 8.75. The highest BCUT2D eigenvalue weighted by molar-refractivity contribution is 7.98. The topological polar surface area (TPSA) is 41.8 Å². The Morgan fingerprint density at radius 1 is 1.11 bits per heavy atom. The first kappa shape index (κ1) is 12.5. The second kappa shape index (κ2) is 5.19. The number of fused-ring (bicyclic) bond motifs is 1. The summed E-state index contributed by atoms with van der Waals surface area (Å²) in [6.07, 6.45) is 0. The number of thioether (sulfide) groups is 1. The van der Waals surface area contributed by atoms with Crippen LogP contribution in [0.5, 0.6) is 0 Å². The van der Waals surface area contributed by atoms with Crippen LogP contribution in [0.3, 0.4) is 0 Å². The number of nitrogen functional groups attached to an aromatic ring is 1. The fraction of sp³-hybridized carbons (Fsp3) is 0.0667. The number of hydrogen-bond acceptors (Lipinski definition) is 2. The second-order valence-corrected chi connectivity index (χ2v) is 5.78. The molecule has 0 unspecified atom stereocenters. The van der Waals surface area contributed by atoms with E-state index in [1.165, 1.54) is 5.39 Å². The van der Waals surface area contributed by atoms with Gasteiger partial charge in [0, 0.05) is 27.4 Å². The molecule has 0 bridgehead atoms. The molecule has 0 saturated heterocycles. The molecule has 96 valence electrons. The standard InChI is InChI=1S/C15H13ClN2S/c16-13-6-5-12(17)7-11(13)9-19-15-8-10-3-1-2-4-14(10)18-15/h1-8,18H,9,17H2. The van der Waals surface area contributed by atoms with Crippen molar-refractivity contribution in [1.29, 1.82) is 0 Å². The highest BCUT2D eigenvalue weighted by Gasteiger charge is 2.04. The lowest BCUT2D eigenvalue weighted by molar-refractivity contribution is 1.23. The molecular weight excluding hydrogens is 276 g/mol. The van der Waals surface area contributed by atoms with E-state index in [2.05, 4.69) is 23.2 Å². The van der Waals surface area contributed by atoms with Crippen LogP contribution in [0.25, 0.3) is 10.9 Å². The van der Waals surface area contributed by atoms with E-state index in [4.69, 9.17) is 17.3 Å². The number of rotatable bonds is 3. The predicted octanol–water partition coefficient (Wildman–Crippen LogP) is 4.70. The lowest BCUT2D eigenvalue weighted by Gasteiger charge is -2.04. The van der Waals surface area contributed by atoms with Gasteiger partial charge in [-0.2, -0.15) is 0 Å². The molecular formula is C15H13ClN2S. The van der Waals surface area contributed by atoms with E-state index in [1.807, 2.05) is 30.3 Å². The van der Waals surface area contributed by atoms with Gasteiger partial charge in [0.2, 0.25) is 0 Å².